The van der Waals surface area contributed by atoms with Crippen molar-refractivity contribution in [2.45, 2.75) is 32.4 Å². The Morgan fingerprint density at radius 1 is 1.38 bits per heavy atom. The van der Waals surface area contributed by atoms with E-state index in [0.717, 1.165) is 17.7 Å². The summed E-state index contributed by atoms with van der Waals surface area (Å²) >= 11 is 0. The van der Waals surface area contributed by atoms with Crippen LogP contribution in [-0.4, -0.2) is 35.8 Å². The van der Waals surface area contributed by atoms with Crippen molar-refractivity contribution < 1.29 is 19.4 Å². The molecule has 1 aliphatic rings. The summed E-state index contributed by atoms with van der Waals surface area (Å²) in [7, 11) is 0. The van der Waals surface area contributed by atoms with Gasteiger partial charge in [-0.25, -0.2) is 9.59 Å². The molecule has 21 heavy (non-hydrogen) atoms. The first-order chi connectivity index (χ1) is 9.97. The Labute approximate surface area is 123 Å². The number of carbonyl (C=O) groups excluding carboxylic acids is 1. The Bertz CT molecular complexity index is 505. The minimum Gasteiger partial charge on any atom is -0.488 e. The number of aliphatic carboxylic acids is 1. The average Bonchev–Trinajstić information content (AvgIpc) is 2.84. The number of rotatable bonds is 5. The predicted molar refractivity (Wildman–Crippen MR) is 77.4 cm³/mol. The van der Waals surface area contributed by atoms with Crippen molar-refractivity contribution >= 4 is 12.0 Å². The summed E-state index contributed by atoms with van der Waals surface area (Å²) < 4.78 is 5.70. The maximum atomic E-state index is 11.8. The lowest BCUT2D eigenvalue weighted by Gasteiger charge is -2.19. The highest BCUT2D eigenvalue weighted by Gasteiger charge is 2.25. The minimum absolute atomic E-state index is 0.115. The zero-order valence-electron chi connectivity index (χ0n) is 12.1. The van der Waals surface area contributed by atoms with E-state index in [2.05, 4.69) is 10.6 Å². The second kappa shape index (κ2) is 6.47. The predicted octanol–water partition coefficient (Wildman–Crippen LogP) is 1.40. The molecular weight excluding hydrogens is 272 g/mol. The molecule has 0 saturated heterocycles. The molecule has 0 saturated carbocycles. The van der Waals surface area contributed by atoms with E-state index in [9.17, 15) is 9.59 Å². The van der Waals surface area contributed by atoms with Gasteiger partial charge >= 0.3 is 12.0 Å². The van der Waals surface area contributed by atoms with Gasteiger partial charge in [-0.3, -0.25) is 0 Å². The number of carboxylic acids is 1. The number of amides is 2. The van der Waals surface area contributed by atoms with Crippen LogP contribution in [0, 0.1) is 5.92 Å². The molecule has 6 nitrogen and oxygen atoms in total. The number of urea groups is 1. The van der Waals surface area contributed by atoms with E-state index in [-0.39, 0.29) is 12.0 Å². The van der Waals surface area contributed by atoms with Gasteiger partial charge in [0.15, 0.2) is 0 Å². The Morgan fingerprint density at radius 2 is 2.10 bits per heavy atom. The van der Waals surface area contributed by atoms with Crippen LogP contribution in [-0.2, 0) is 11.2 Å². The smallest absolute Gasteiger partial charge is 0.326 e. The van der Waals surface area contributed by atoms with Crippen LogP contribution >= 0.6 is 0 Å². The van der Waals surface area contributed by atoms with Crippen LogP contribution in [0.15, 0.2) is 24.3 Å². The normalized spacial score (nSPS) is 17.8. The molecule has 2 atom stereocenters. The highest BCUT2D eigenvalue weighted by Crippen LogP contribution is 2.27. The van der Waals surface area contributed by atoms with E-state index < -0.39 is 18.0 Å². The summed E-state index contributed by atoms with van der Waals surface area (Å²) in [5.74, 6) is -0.375. The average molecular weight is 292 g/mol. The fraction of sp³-hybridized carbons (Fsp3) is 0.467. The van der Waals surface area contributed by atoms with Crippen molar-refractivity contribution in [1.29, 1.82) is 0 Å². The van der Waals surface area contributed by atoms with Crippen molar-refractivity contribution in [2.75, 3.05) is 6.54 Å². The molecule has 1 unspecified atom stereocenters. The highest BCUT2D eigenvalue weighted by molar-refractivity contribution is 5.82. The molecule has 0 fully saturated rings. The Morgan fingerprint density at radius 3 is 2.71 bits per heavy atom. The summed E-state index contributed by atoms with van der Waals surface area (Å²) in [6, 6.07) is 6.36. The van der Waals surface area contributed by atoms with E-state index >= 15 is 0 Å². The van der Waals surface area contributed by atoms with Gasteiger partial charge in [0.1, 0.15) is 17.9 Å². The van der Waals surface area contributed by atoms with Crippen molar-refractivity contribution in [3.05, 3.63) is 29.8 Å². The third kappa shape index (κ3) is 3.87. The van der Waals surface area contributed by atoms with E-state index in [1.807, 2.05) is 24.3 Å². The number of nitrogens with one attached hydrogen (secondary N) is 2. The number of carboxylic acid groups (broad SMARTS) is 1. The topological polar surface area (TPSA) is 87.7 Å². The van der Waals surface area contributed by atoms with Crippen LogP contribution in [0.1, 0.15) is 19.4 Å². The van der Waals surface area contributed by atoms with E-state index in [0.29, 0.717) is 6.54 Å². The van der Waals surface area contributed by atoms with Crippen LogP contribution < -0.4 is 15.4 Å². The van der Waals surface area contributed by atoms with Gasteiger partial charge < -0.3 is 20.5 Å². The Balaban J connectivity index is 1.79. The molecular formula is C15H20N2O4. The van der Waals surface area contributed by atoms with Gasteiger partial charge in [0, 0.05) is 6.42 Å². The molecule has 2 amide bonds. The van der Waals surface area contributed by atoms with Crippen molar-refractivity contribution in [2.24, 2.45) is 5.92 Å². The summed E-state index contributed by atoms with van der Waals surface area (Å²) in [4.78, 5) is 22.8. The fourth-order valence-electron chi connectivity index (χ4n) is 2.28. The number of hydrogen-bond donors (Lipinski definition) is 3. The molecule has 0 spiro atoms. The summed E-state index contributed by atoms with van der Waals surface area (Å²) in [6.07, 6.45) is 0.624. The first kappa shape index (κ1) is 15.2. The monoisotopic (exact) mass is 292 g/mol. The molecule has 0 bridgehead atoms. The minimum atomic E-state index is -1.04. The summed E-state index contributed by atoms with van der Waals surface area (Å²) in [5.41, 5.74) is 1.12. The van der Waals surface area contributed by atoms with Crippen molar-refractivity contribution in [3.63, 3.8) is 0 Å². The molecule has 0 aromatic heterocycles. The quantitative estimate of drug-likeness (QED) is 0.765. The number of para-hydroxylation sites is 1. The number of carbonyl (C=O) groups is 2. The maximum Gasteiger partial charge on any atom is 0.326 e. The van der Waals surface area contributed by atoms with Gasteiger partial charge in [-0.2, -0.15) is 0 Å². The SMILES string of the molecule is CC(C)[C@H](NC(=O)NCC1Cc2ccccc2O1)C(=O)O. The summed E-state index contributed by atoms with van der Waals surface area (Å²) in [6.45, 7) is 3.83. The Kier molecular flexibility index (Phi) is 4.67. The maximum absolute atomic E-state index is 11.8. The van der Waals surface area contributed by atoms with Crippen LogP contribution in [0.4, 0.5) is 4.79 Å². The second-order valence-corrected chi connectivity index (χ2v) is 5.47. The molecule has 6 heteroatoms. The molecule has 1 aromatic carbocycles. The first-order valence-corrected chi connectivity index (χ1v) is 6.99. The van der Waals surface area contributed by atoms with E-state index in [4.69, 9.17) is 9.84 Å². The largest absolute Gasteiger partial charge is 0.488 e. The Hall–Kier alpha value is -2.24. The van der Waals surface area contributed by atoms with Gasteiger partial charge in [-0.1, -0.05) is 32.0 Å². The van der Waals surface area contributed by atoms with Gasteiger partial charge in [-0.15, -0.1) is 0 Å². The second-order valence-electron chi connectivity index (χ2n) is 5.47. The summed E-state index contributed by atoms with van der Waals surface area (Å²) in [5, 5.41) is 14.1. The lowest BCUT2D eigenvalue weighted by Crippen LogP contribution is -2.50. The van der Waals surface area contributed by atoms with Crippen molar-refractivity contribution in [3.8, 4) is 5.75 Å². The van der Waals surface area contributed by atoms with E-state index in [1.165, 1.54) is 0 Å². The number of hydrogen-bond acceptors (Lipinski definition) is 3. The lowest BCUT2D eigenvalue weighted by atomic mass is 10.1. The molecule has 0 aliphatic carbocycles. The van der Waals surface area contributed by atoms with Gasteiger partial charge in [0.05, 0.1) is 6.54 Å². The first-order valence-electron chi connectivity index (χ1n) is 6.99. The van der Waals surface area contributed by atoms with Crippen LogP contribution in [0.5, 0.6) is 5.75 Å². The molecule has 1 aromatic rings. The number of benzene rings is 1. The number of fused-ring (bicyclic) bond motifs is 1. The standard InChI is InChI=1S/C15H20N2O4/c1-9(2)13(14(18)19)17-15(20)16-8-11-7-10-5-3-4-6-12(10)21-11/h3-6,9,11,13H,7-8H2,1-2H3,(H,18,19)(H2,16,17,20)/t11?,13-/m0/s1. The molecule has 1 heterocycles. The third-order valence-electron chi connectivity index (χ3n) is 3.42. The van der Waals surface area contributed by atoms with Gasteiger partial charge in [-0.05, 0) is 17.5 Å². The molecule has 3 N–H and O–H groups in total. The van der Waals surface area contributed by atoms with Crippen LogP contribution in [0.25, 0.3) is 0 Å². The molecule has 1 aliphatic heterocycles. The number of ether oxygens (including phenoxy) is 1. The molecule has 114 valence electrons. The van der Waals surface area contributed by atoms with Crippen LogP contribution in [0.3, 0.4) is 0 Å². The molecule has 2 rings (SSSR count). The highest BCUT2D eigenvalue weighted by atomic mass is 16.5. The van der Waals surface area contributed by atoms with Gasteiger partial charge in [0.25, 0.3) is 0 Å². The van der Waals surface area contributed by atoms with E-state index in [1.54, 1.807) is 13.8 Å². The lowest BCUT2D eigenvalue weighted by molar-refractivity contribution is -0.140. The fourth-order valence-corrected chi connectivity index (χ4v) is 2.28. The van der Waals surface area contributed by atoms with Crippen molar-refractivity contribution in [1.82, 2.24) is 10.6 Å². The zero-order valence-corrected chi connectivity index (χ0v) is 12.1. The zero-order chi connectivity index (χ0) is 15.4. The third-order valence-corrected chi connectivity index (χ3v) is 3.42. The van der Waals surface area contributed by atoms with Gasteiger partial charge in [0.2, 0.25) is 0 Å². The van der Waals surface area contributed by atoms with Crippen LogP contribution in [0.2, 0.25) is 0 Å². The molecule has 0 radical (unpaired) electrons.